The highest BCUT2D eigenvalue weighted by atomic mass is 79.9. The molecule has 0 aliphatic rings. The van der Waals surface area contributed by atoms with E-state index in [2.05, 4.69) is 36.2 Å². The maximum absolute atomic E-state index is 8.27. The number of hydrogen-bond acceptors (Lipinski definition) is 2. The van der Waals surface area contributed by atoms with E-state index in [9.17, 15) is 0 Å². The van der Waals surface area contributed by atoms with Crippen molar-refractivity contribution in [1.82, 2.24) is 10.2 Å². The molecule has 0 aliphatic carbocycles. The molecule has 0 fully saturated rings. The lowest BCUT2D eigenvalue weighted by Crippen LogP contribution is -1.66. The molecule has 0 spiro atoms. The highest BCUT2D eigenvalue weighted by Gasteiger charge is 2.02. The Kier molecular flexibility index (Phi) is 3.11. The molecular formula is C8H8BrN5. The first-order valence-electron chi connectivity index (χ1n) is 3.50. The number of hydrogen-bond donors (Lipinski definition) is 1. The van der Waals surface area contributed by atoms with Crippen molar-refractivity contribution in [2.24, 2.45) is 5.11 Å². The first-order chi connectivity index (χ1) is 6.31. The number of rotatable bonds is 1. The van der Waals surface area contributed by atoms with Gasteiger partial charge >= 0.3 is 0 Å². The summed E-state index contributed by atoms with van der Waals surface area (Å²) in [6, 6.07) is 5.57. The molecule has 0 bridgehead atoms. The highest BCUT2D eigenvalue weighted by molar-refractivity contribution is 9.10. The number of nitrogens with zero attached hydrogens (tertiary/aromatic N) is 4. The van der Waals surface area contributed by atoms with Crippen molar-refractivity contribution in [2.45, 2.75) is 7.43 Å². The van der Waals surface area contributed by atoms with Gasteiger partial charge in [0.2, 0.25) is 0 Å². The number of azide groups is 1. The van der Waals surface area contributed by atoms with Crippen molar-refractivity contribution in [3.63, 3.8) is 0 Å². The van der Waals surface area contributed by atoms with Crippen LogP contribution in [-0.4, -0.2) is 10.2 Å². The Hall–Kier alpha value is -1.52. The summed E-state index contributed by atoms with van der Waals surface area (Å²) in [6.07, 6.45) is 0. The second-order valence-corrected chi connectivity index (χ2v) is 3.34. The third-order valence-corrected chi connectivity index (χ3v) is 2.13. The maximum Gasteiger partial charge on any atom is 0.129 e. The van der Waals surface area contributed by atoms with Crippen LogP contribution < -0.4 is 0 Å². The Morgan fingerprint density at radius 3 is 3.00 bits per heavy atom. The van der Waals surface area contributed by atoms with Crippen LogP contribution in [0.5, 0.6) is 0 Å². The second kappa shape index (κ2) is 4.13. The third-order valence-electron chi connectivity index (χ3n) is 1.64. The highest BCUT2D eigenvalue weighted by Crippen LogP contribution is 2.25. The monoisotopic (exact) mass is 253 g/mol. The fourth-order valence-electron chi connectivity index (χ4n) is 1.09. The van der Waals surface area contributed by atoms with Crippen molar-refractivity contribution >= 4 is 32.7 Å². The SMILES string of the molecule is C.[N-]=[N+]=Nc1[nH]nc2ccc(Br)cc12. The van der Waals surface area contributed by atoms with Crippen molar-refractivity contribution in [3.05, 3.63) is 33.1 Å². The molecular weight excluding hydrogens is 246 g/mol. The molecule has 0 atom stereocenters. The van der Waals surface area contributed by atoms with Gasteiger partial charge in [-0.2, -0.15) is 5.10 Å². The molecule has 6 heteroatoms. The Morgan fingerprint density at radius 1 is 1.50 bits per heavy atom. The van der Waals surface area contributed by atoms with Crippen LogP contribution >= 0.6 is 15.9 Å². The average molecular weight is 254 g/mol. The van der Waals surface area contributed by atoms with Crippen LogP contribution in [0, 0.1) is 0 Å². The molecule has 1 N–H and O–H groups in total. The summed E-state index contributed by atoms with van der Waals surface area (Å²) in [5.41, 5.74) is 9.05. The van der Waals surface area contributed by atoms with Crippen LogP contribution in [0.3, 0.4) is 0 Å². The van der Waals surface area contributed by atoms with Crippen LogP contribution in [0.1, 0.15) is 7.43 Å². The van der Waals surface area contributed by atoms with Gasteiger partial charge in [0.25, 0.3) is 0 Å². The van der Waals surface area contributed by atoms with E-state index in [4.69, 9.17) is 5.53 Å². The number of halogens is 1. The van der Waals surface area contributed by atoms with Crippen LogP contribution in [0.2, 0.25) is 0 Å². The number of aromatic nitrogens is 2. The van der Waals surface area contributed by atoms with Crippen LogP contribution in [0.25, 0.3) is 21.3 Å². The summed E-state index contributed by atoms with van der Waals surface area (Å²) in [5, 5.41) is 10.9. The first kappa shape index (κ1) is 10.6. The summed E-state index contributed by atoms with van der Waals surface area (Å²) in [5.74, 6) is 0.443. The summed E-state index contributed by atoms with van der Waals surface area (Å²) in [7, 11) is 0. The largest absolute Gasteiger partial charge is 0.275 e. The molecule has 1 aromatic carbocycles. The predicted octanol–water partition coefficient (Wildman–Crippen LogP) is 3.90. The van der Waals surface area contributed by atoms with Crippen molar-refractivity contribution in [2.75, 3.05) is 0 Å². The van der Waals surface area contributed by atoms with Gasteiger partial charge in [0.15, 0.2) is 0 Å². The molecule has 2 rings (SSSR count). The van der Waals surface area contributed by atoms with Crippen molar-refractivity contribution < 1.29 is 0 Å². The van der Waals surface area contributed by atoms with Crippen LogP contribution in [0.4, 0.5) is 5.82 Å². The van der Waals surface area contributed by atoms with Gasteiger partial charge in [-0.15, -0.1) is 0 Å². The van der Waals surface area contributed by atoms with E-state index in [0.717, 1.165) is 15.4 Å². The minimum absolute atomic E-state index is 0. The summed E-state index contributed by atoms with van der Waals surface area (Å²) < 4.78 is 0.927. The first-order valence-corrected chi connectivity index (χ1v) is 4.29. The number of nitrogens with one attached hydrogen (secondary N) is 1. The van der Waals surface area contributed by atoms with Gasteiger partial charge < -0.3 is 0 Å². The van der Waals surface area contributed by atoms with Crippen LogP contribution in [-0.2, 0) is 0 Å². The normalized spacial score (nSPS) is 9.21. The van der Waals surface area contributed by atoms with Gasteiger partial charge in [-0.25, -0.2) is 0 Å². The molecule has 0 unspecified atom stereocenters. The number of fused-ring (bicyclic) bond motifs is 1. The smallest absolute Gasteiger partial charge is 0.129 e. The Bertz CT molecular complexity index is 497. The topological polar surface area (TPSA) is 77.4 Å². The van der Waals surface area contributed by atoms with E-state index >= 15 is 0 Å². The Morgan fingerprint density at radius 2 is 2.29 bits per heavy atom. The average Bonchev–Trinajstić information content (AvgIpc) is 2.49. The van der Waals surface area contributed by atoms with Crippen LogP contribution in [0.15, 0.2) is 27.8 Å². The minimum Gasteiger partial charge on any atom is -0.275 e. The molecule has 0 saturated heterocycles. The van der Waals surface area contributed by atoms with E-state index < -0.39 is 0 Å². The van der Waals surface area contributed by atoms with E-state index in [1.807, 2.05) is 18.2 Å². The molecule has 0 saturated carbocycles. The predicted molar refractivity (Wildman–Crippen MR) is 59.3 cm³/mol. The second-order valence-electron chi connectivity index (χ2n) is 2.42. The molecule has 72 valence electrons. The third kappa shape index (κ3) is 1.71. The molecule has 0 radical (unpaired) electrons. The molecule has 0 aliphatic heterocycles. The number of aromatic amines is 1. The van der Waals surface area contributed by atoms with E-state index in [0.29, 0.717) is 5.82 Å². The van der Waals surface area contributed by atoms with E-state index in [-0.39, 0.29) is 7.43 Å². The molecule has 1 heterocycles. The van der Waals surface area contributed by atoms with Crippen molar-refractivity contribution in [3.8, 4) is 0 Å². The Balaban J connectivity index is 0.000000980. The fraction of sp³-hybridized carbons (Fsp3) is 0.125. The fourth-order valence-corrected chi connectivity index (χ4v) is 1.45. The minimum atomic E-state index is 0. The van der Waals surface area contributed by atoms with E-state index in [1.54, 1.807) is 0 Å². The standard InChI is InChI=1S/C7H4BrN5.CH4/c8-4-1-2-6-5(3-4)7(11-10-6)12-13-9;/h1-3H,(H,10,11);1H4. The lowest BCUT2D eigenvalue weighted by Gasteiger charge is -1.89. The molecule has 14 heavy (non-hydrogen) atoms. The lowest BCUT2D eigenvalue weighted by atomic mass is 10.2. The van der Waals surface area contributed by atoms with Gasteiger partial charge in [0.1, 0.15) is 5.82 Å². The van der Waals surface area contributed by atoms with Gasteiger partial charge in [0, 0.05) is 14.8 Å². The van der Waals surface area contributed by atoms with E-state index in [1.165, 1.54) is 0 Å². The van der Waals surface area contributed by atoms with Gasteiger partial charge in [-0.05, 0) is 28.8 Å². The zero-order valence-electron chi connectivity index (χ0n) is 6.40. The quantitative estimate of drug-likeness (QED) is 0.467. The molecule has 1 aromatic heterocycles. The Labute approximate surface area is 88.9 Å². The van der Waals surface area contributed by atoms with Crippen molar-refractivity contribution in [1.29, 1.82) is 0 Å². The summed E-state index contributed by atoms with van der Waals surface area (Å²) in [4.78, 5) is 2.70. The molecule has 0 amide bonds. The van der Waals surface area contributed by atoms with Gasteiger partial charge in [-0.1, -0.05) is 23.4 Å². The number of benzene rings is 1. The van der Waals surface area contributed by atoms with Gasteiger partial charge in [0.05, 0.1) is 5.52 Å². The maximum atomic E-state index is 8.27. The molecule has 5 nitrogen and oxygen atoms in total. The number of H-pyrrole nitrogens is 1. The lowest BCUT2D eigenvalue weighted by molar-refractivity contribution is 1.10. The zero-order valence-corrected chi connectivity index (χ0v) is 7.98. The summed E-state index contributed by atoms with van der Waals surface area (Å²) >= 11 is 3.33. The molecule has 2 aromatic rings. The summed E-state index contributed by atoms with van der Waals surface area (Å²) in [6.45, 7) is 0. The zero-order chi connectivity index (χ0) is 9.26. The van der Waals surface area contributed by atoms with Gasteiger partial charge in [-0.3, -0.25) is 5.10 Å².